The Bertz CT molecular complexity index is 765. The first-order chi connectivity index (χ1) is 12.7. The summed E-state index contributed by atoms with van der Waals surface area (Å²) in [7, 11) is 0. The number of carbonyl (C=O) groups excluding carboxylic acids is 1. The fourth-order valence-corrected chi connectivity index (χ4v) is 4.11. The van der Waals surface area contributed by atoms with E-state index >= 15 is 0 Å². The number of benzene rings is 2. The summed E-state index contributed by atoms with van der Waals surface area (Å²) in [6.07, 6.45) is 2.08. The van der Waals surface area contributed by atoms with Gasteiger partial charge in [0.1, 0.15) is 6.61 Å². The molecule has 2 aliphatic rings. The van der Waals surface area contributed by atoms with Gasteiger partial charge in [-0.3, -0.25) is 0 Å². The third kappa shape index (κ3) is 4.25. The number of carbonyl (C=O) groups is 1. The maximum Gasteiger partial charge on any atom is 0.314 e. The minimum absolute atomic E-state index is 0.141. The Morgan fingerprint density at radius 3 is 2.54 bits per heavy atom. The number of para-hydroxylation sites is 2. The van der Waals surface area contributed by atoms with Gasteiger partial charge in [-0.25, -0.2) is 4.79 Å². The summed E-state index contributed by atoms with van der Waals surface area (Å²) in [6.45, 7) is 1.52. The van der Waals surface area contributed by atoms with Gasteiger partial charge in [0.25, 0.3) is 0 Å². The fourth-order valence-electron chi connectivity index (χ4n) is 2.87. The molecule has 0 radical (unpaired) electrons. The molecular weight excluding hydrogens is 348 g/mol. The molecule has 1 aliphatic carbocycles. The standard InChI is InChI=1S/C20H22N2O3S/c23-19(21-12-15-13-24-17-8-4-5-9-18(17)25-15)22-14-20(10-11-20)26-16-6-2-1-3-7-16/h1-9,15H,10-14H2,(H2,21,22,23). The topological polar surface area (TPSA) is 59.6 Å². The van der Waals surface area contributed by atoms with Gasteiger partial charge in [-0.15, -0.1) is 11.8 Å². The molecule has 2 aromatic carbocycles. The predicted octanol–water partition coefficient (Wildman–Crippen LogP) is 3.45. The second-order valence-corrected chi connectivity index (χ2v) is 8.20. The number of ether oxygens (including phenoxy) is 2. The van der Waals surface area contributed by atoms with Crippen LogP contribution in [0.5, 0.6) is 11.5 Å². The summed E-state index contributed by atoms with van der Waals surface area (Å²) in [4.78, 5) is 13.4. The number of urea groups is 1. The van der Waals surface area contributed by atoms with Crippen LogP contribution in [0.4, 0.5) is 4.79 Å². The van der Waals surface area contributed by atoms with Gasteiger partial charge >= 0.3 is 6.03 Å². The summed E-state index contributed by atoms with van der Waals surface area (Å²) in [5, 5.41) is 5.88. The molecule has 2 amide bonds. The Balaban J connectivity index is 1.20. The molecular formula is C20H22N2O3S. The number of fused-ring (bicyclic) bond motifs is 1. The summed E-state index contributed by atoms with van der Waals surface area (Å²) in [5.41, 5.74) is 0. The SMILES string of the molecule is O=C(NCC1COc2ccccc2O1)NCC1(Sc2ccccc2)CC1. The molecule has 136 valence electrons. The van der Waals surface area contributed by atoms with E-state index < -0.39 is 0 Å². The number of thioether (sulfide) groups is 1. The molecule has 1 heterocycles. The minimum atomic E-state index is -0.177. The van der Waals surface area contributed by atoms with E-state index in [2.05, 4.69) is 22.8 Å². The first-order valence-electron chi connectivity index (χ1n) is 8.87. The molecule has 0 aromatic heterocycles. The van der Waals surface area contributed by atoms with Crippen LogP contribution in [-0.2, 0) is 0 Å². The second-order valence-electron chi connectivity index (χ2n) is 6.66. The Hall–Kier alpha value is -2.34. The van der Waals surface area contributed by atoms with Crippen LogP contribution in [0.25, 0.3) is 0 Å². The van der Waals surface area contributed by atoms with Crippen LogP contribution >= 0.6 is 11.8 Å². The molecule has 1 aliphatic heterocycles. The zero-order chi connectivity index (χ0) is 17.8. The van der Waals surface area contributed by atoms with E-state index in [1.54, 1.807) is 0 Å². The largest absolute Gasteiger partial charge is 0.486 e. The molecule has 2 N–H and O–H groups in total. The van der Waals surface area contributed by atoms with Crippen molar-refractivity contribution in [3.05, 3.63) is 54.6 Å². The molecule has 26 heavy (non-hydrogen) atoms. The van der Waals surface area contributed by atoms with Gasteiger partial charge in [0.05, 0.1) is 6.54 Å². The fraction of sp³-hybridized carbons (Fsp3) is 0.350. The third-order valence-corrected chi connectivity index (χ3v) is 6.01. The number of amides is 2. The van der Waals surface area contributed by atoms with Crippen molar-refractivity contribution in [2.24, 2.45) is 0 Å². The highest BCUT2D eigenvalue weighted by Gasteiger charge is 2.43. The Morgan fingerprint density at radius 1 is 1.04 bits per heavy atom. The van der Waals surface area contributed by atoms with E-state index in [0.717, 1.165) is 24.3 Å². The van der Waals surface area contributed by atoms with Gasteiger partial charge in [-0.1, -0.05) is 30.3 Å². The molecule has 0 spiro atoms. The van der Waals surface area contributed by atoms with Crippen LogP contribution in [0.2, 0.25) is 0 Å². The Labute approximate surface area is 157 Å². The van der Waals surface area contributed by atoms with Crippen LogP contribution in [0, 0.1) is 0 Å². The van der Waals surface area contributed by atoms with Crippen molar-refractivity contribution in [2.75, 3.05) is 19.7 Å². The average Bonchev–Trinajstić information content (AvgIpc) is 3.45. The second kappa shape index (κ2) is 7.50. The van der Waals surface area contributed by atoms with Crippen LogP contribution in [0.3, 0.4) is 0 Å². The zero-order valence-electron chi connectivity index (χ0n) is 14.4. The molecule has 2 aromatic rings. The lowest BCUT2D eigenvalue weighted by molar-refractivity contribution is 0.0918. The molecule has 0 saturated heterocycles. The molecule has 5 nitrogen and oxygen atoms in total. The lowest BCUT2D eigenvalue weighted by atomic mass is 10.2. The average molecular weight is 370 g/mol. The van der Waals surface area contributed by atoms with E-state index in [1.165, 1.54) is 4.90 Å². The van der Waals surface area contributed by atoms with Crippen molar-refractivity contribution in [1.82, 2.24) is 10.6 Å². The number of hydrogen-bond donors (Lipinski definition) is 2. The molecule has 6 heteroatoms. The summed E-state index contributed by atoms with van der Waals surface area (Å²) in [5.74, 6) is 1.48. The first-order valence-corrected chi connectivity index (χ1v) is 9.68. The van der Waals surface area contributed by atoms with Gasteiger partial charge in [0, 0.05) is 16.2 Å². The van der Waals surface area contributed by atoms with Gasteiger partial charge in [-0.05, 0) is 37.1 Å². The van der Waals surface area contributed by atoms with Gasteiger partial charge < -0.3 is 20.1 Å². The van der Waals surface area contributed by atoms with E-state index in [4.69, 9.17) is 9.47 Å². The van der Waals surface area contributed by atoms with Crippen molar-refractivity contribution in [2.45, 2.75) is 28.6 Å². The molecule has 1 unspecified atom stereocenters. The zero-order valence-corrected chi connectivity index (χ0v) is 15.3. The van der Waals surface area contributed by atoms with Gasteiger partial charge in [-0.2, -0.15) is 0 Å². The van der Waals surface area contributed by atoms with E-state index in [-0.39, 0.29) is 16.9 Å². The van der Waals surface area contributed by atoms with Gasteiger partial charge in [0.15, 0.2) is 17.6 Å². The number of nitrogens with one attached hydrogen (secondary N) is 2. The molecule has 0 bridgehead atoms. The van der Waals surface area contributed by atoms with Gasteiger partial charge in [0.2, 0.25) is 0 Å². The van der Waals surface area contributed by atoms with Crippen molar-refractivity contribution in [3.8, 4) is 11.5 Å². The van der Waals surface area contributed by atoms with Crippen LogP contribution in [-0.4, -0.2) is 36.6 Å². The third-order valence-electron chi connectivity index (χ3n) is 4.51. The highest BCUT2D eigenvalue weighted by atomic mass is 32.2. The number of hydrogen-bond acceptors (Lipinski definition) is 4. The quantitative estimate of drug-likeness (QED) is 0.818. The smallest absolute Gasteiger partial charge is 0.314 e. The Morgan fingerprint density at radius 2 is 1.77 bits per heavy atom. The molecule has 1 atom stereocenters. The van der Waals surface area contributed by atoms with Crippen LogP contribution < -0.4 is 20.1 Å². The summed E-state index contributed by atoms with van der Waals surface area (Å²) >= 11 is 1.85. The van der Waals surface area contributed by atoms with Crippen LogP contribution in [0.1, 0.15) is 12.8 Å². The predicted molar refractivity (Wildman–Crippen MR) is 102 cm³/mol. The van der Waals surface area contributed by atoms with E-state index in [0.29, 0.717) is 19.7 Å². The van der Waals surface area contributed by atoms with Crippen molar-refractivity contribution in [3.63, 3.8) is 0 Å². The minimum Gasteiger partial charge on any atom is -0.486 e. The maximum atomic E-state index is 12.1. The highest BCUT2D eigenvalue weighted by molar-refractivity contribution is 8.01. The van der Waals surface area contributed by atoms with Crippen molar-refractivity contribution < 1.29 is 14.3 Å². The Kier molecular flexibility index (Phi) is 4.93. The maximum absolute atomic E-state index is 12.1. The summed E-state index contributed by atoms with van der Waals surface area (Å²) in [6, 6.07) is 17.7. The lowest BCUT2D eigenvalue weighted by Gasteiger charge is -2.26. The normalized spacial score (nSPS) is 19.5. The van der Waals surface area contributed by atoms with E-state index in [9.17, 15) is 4.79 Å². The van der Waals surface area contributed by atoms with E-state index in [1.807, 2.05) is 54.2 Å². The monoisotopic (exact) mass is 370 g/mol. The van der Waals surface area contributed by atoms with Crippen molar-refractivity contribution in [1.29, 1.82) is 0 Å². The molecule has 4 rings (SSSR count). The first kappa shape index (κ1) is 17.1. The summed E-state index contributed by atoms with van der Waals surface area (Å²) < 4.78 is 11.6. The molecule has 1 fully saturated rings. The number of rotatable bonds is 6. The highest BCUT2D eigenvalue weighted by Crippen LogP contribution is 2.51. The van der Waals surface area contributed by atoms with Crippen LogP contribution in [0.15, 0.2) is 59.5 Å². The van der Waals surface area contributed by atoms with Crippen molar-refractivity contribution >= 4 is 17.8 Å². The lowest BCUT2D eigenvalue weighted by Crippen LogP contribution is -2.46. The molecule has 1 saturated carbocycles.